The number of rotatable bonds is 5. The fourth-order valence-electron chi connectivity index (χ4n) is 5.55. The number of nitrogens with zero attached hydrogens (tertiary/aromatic N) is 2. The smallest absolute Gasteiger partial charge is 0.254 e. The van der Waals surface area contributed by atoms with Gasteiger partial charge in [0.05, 0.1) is 0 Å². The largest absolute Gasteiger partial charge is 0.340 e. The van der Waals surface area contributed by atoms with E-state index in [0.717, 1.165) is 18.5 Å². The molecule has 3 aromatic rings. The second-order valence-electron chi connectivity index (χ2n) is 9.91. The summed E-state index contributed by atoms with van der Waals surface area (Å²) in [6, 6.07) is 27.5. The monoisotopic (exact) mass is 467 g/mol. The fourth-order valence-corrected chi connectivity index (χ4v) is 5.55. The minimum absolute atomic E-state index is 0.0681. The van der Waals surface area contributed by atoms with Crippen molar-refractivity contribution in [1.82, 2.24) is 9.80 Å². The molecule has 2 heterocycles. The maximum Gasteiger partial charge on any atom is 0.254 e. The Morgan fingerprint density at radius 2 is 1.51 bits per heavy atom. The fraction of sp³-hybridized carbons (Fsp3) is 0.333. The van der Waals surface area contributed by atoms with E-state index in [1.54, 1.807) is 4.90 Å². The highest BCUT2D eigenvalue weighted by Gasteiger charge is 2.43. The first-order valence-corrected chi connectivity index (χ1v) is 12.6. The molecule has 0 radical (unpaired) electrons. The summed E-state index contributed by atoms with van der Waals surface area (Å²) in [6.07, 6.45) is 1.60. The Morgan fingerprint density at radius 3 is 2.17 bits per heavy atom. The predicted octanol–water partition coefficient (Wildman–Crippen LogP) is 4.72. The van der Waals surface area contributed by atoms with Gasteiger partial charge in [0.15, 0.2) is 0 Å². The summed E-state index contributed by atoms with van der Waals surface area (Å²) in [5, 5.41) is 0. The van der Waals surface area contributed by atoms with Crippen LogP contribution in [0.25, 0.3) is 0 Å². The average Bonchev–Trinajstić information content (AvgIpc) is 3.57. The van der Waals surface area contributed by atoms with Crippen molar-refractivity contribution in [3.63, 3.8) is 0 Å². The number of hydrogen-bond acceptors (Lipinski definition) is 3. The molecule has 0 saturated carbocycles. The number of carbonyl (C=O) groups excluding carboxylic acids is 2. The molecule has 180 valence electrons. The van der Waals surface area contributed by atoms with Crippen LogP contribution in [0.5, 0.6) is 0 Å². The Kier molecular flexibility index (Phi) is 6.69. The lowest BCUT2D eigenvalue weighted by Gasteiger charge is -2.28. The van der Waals surface area contributed by atoms with Crippen molar-refractivity contribution >= 4 is 11.8 Å². The highest BCUT2D eigenvalue weighted by atomic mass is 16.2. The zero-order valence-electron chi connectivity index (χ0n) is 20.2. The molecule has 5 nitrogen and oxygen atoms in total. The van der Waals surface area contributed by atoms with Crippen molar-refractivity contribution in [1.29, 1.82) is 0 Å². The molecule has 2 aliphatic rings. The molecule has 35 heavy (non-hydrogen) atoms. The van der Waals surface area contributed by atoms with Crippen LogP contribution in [0.15, 0.2) is 84.9 Å². The van der Waals surface area contributed by atoms with Crippen LogP contribution in [0.3, 0.4) is 0 Å². The minimum Gasteiger partial charge on any atom is -0.340 e. The zero-order chi connectivity index (χ0) is 24.4. The van der Waals surface area contributed by atoms with E-state index in [1.807, 2.05) is 60.4 Å². The third-order valence-corrected chi connectivity index (χ3v) is 7.55. The van der Waals surface area contributed by atoms with Crippen molar-refractivity contribution in [3.05, 3.63) is 107 Å². The SMILES string of the molecule is CC(N)c1cccc(C(=O)N2C[C@@H](c3ccccc3)C[C@H]2C(=O)N2CC[C@H](c3ccccc3)C2)c1. The lowest BCUT2D eigenvalue weighted by atomic mass is 9.96. The third kappa shape index (κ3) is 4.87. The summed E-state index contributed by atoms with van der Waals surface area (Å²) >= 11 is 0. The van der Waals surface area contributed by atoms with Crippen molar-refractivity contribution in [2.45, 2.75) is 43.7 Å². The first-order valence-electron chi connectivity index (χ1n) is 12.6. The van der Waals surface area contributed by atoms with Crippen LogP contribution in [-0.4, -0.2) is 47.3 Å². The Balaban J connectivity index is 1.40. The van der Waals surface area contributed by atoms with E-state index in [1.165, 1.54) is 11.1 Å². The van der Waals surface area contributed by atoms with Crippen LogP contribution in [0.1, 0.15) is 64.7 Å². The maximum absolute atomic E-state index is 13.8. The summed E-state index contributed by atoms with van der Waals surface area (Å²) in [5.41, 5.74) is 10.0. The van der Waals surface area contributed by atoms with Gasteiger partial charge in [0.2, 0.25) is 5.91 Å². The van der Waals surface area contributed by atoms with Crippen LogP contribution < -0.4 is 5.73 Å². The predicted molar refractivity (Wildman–Crippen MR) is 138 cm³/mol. The second kappa shape index (κ2) is 10.0. The molecule has 0 bridgehead atoms. The van der Waals surface area contributed by atoms with E-state index in [-0.39, 0.29) is 23.8 Å². The van der Waals surface area contributed by atoms with E-state index in [4.69, 9.17) is 5.73 Å². The van der Waals surface area contributed by atoms with E-state index in [2.05, 4.69) is 36.4 Å². The zero-order valence-corrected chi connectivity index (χ0v) is 20.2. The standard InChI is InChI=1S/C30H33N3O2/c1-21(31)24-13-8-14-25(17-24)29(34)33-20-27(23-11-6-3-7-12-23)18-28(33)30(35)32-16-15-26(19-32)22-9-4-2-5-10-22/h2-14,17,21,26-28H,15-16,18-20,31H2,1H3/t21?,26-,27-,28-/m0/s1. The highest BCUT2D eigenvalue weighted by molar-refractivity contribution is 5.98. The van der Waals surface area contributed by atoms with Gasteiger partial charge in [-0.05, 0) is 48.6 Å². The number of nitrogens with two attached hydrogens (primary N) is 1. The molecule has 1 unspecified atom stereocenters. The Labute approximate surface area is 207 Å². The Bertz CT molecular complexity index is 1180. The third-order valence-electron chi connectivity index (χ3n) is 7.55. The molecular weight excluding hydrogens is 434 g/mol. The quantitative estimate of drug-likeness (QED) is 0.590. The van der Waals surface area contributed by atoms with Gasteiger partial charge in [-0.15, -0.1) is 0 Å². The van der Waals surface area contributed by atoms with E-state index >= 15 is 0 Å². The van der Waals surface area contributed by atoms with Gasteiger partial charge in [0.25, 0.3) is 5.91 Å². The van der Waals surface area contributed by atoms with Crippen molar-refractivity contribution in [2.75, 3.05) is 19.6 Å². The summed E-state index contributed by atoms with van der Waals surface area (Å²) in [5.74, 6) is 0.457. The lowest BCUT2D eigenvalue weighted by molar-refractivity contribution is -0.134. The van der Waals surface area contributed by atoms with Crippen LogP contribution >= 0.6 is 0 Å². The maximum atomic E-state index is 13.8. The van der Waals surface area contributed by atoms with Gasteiger partial charge in [-0.2, -0.15) is 0 Å². The van der Waals surface area contributed by atoms with E-state index in [0.29, 0.717) is 31.0 Å². The van der Waals surface area contributed by atoms with Gasteiger partial charge in [0, 0.05) is 43.1 Å². The van der Waals surface area contributed by atoms with Gasteiger partial charge < -0.3 is 15.5 Å². The first-order chi connectivity index (χ1) is 17.0. The molecule has 0 aliphatic carbocycles. The summed E-state index contributed by atoms with van der Waals surface area (Å²) in [4.78, 5) is 31.3. The number of amides is 2. The molecule has 5 heteroatoms. The molecule has 2 saturated heterocycles. The van der Waals surface area contributed by atoms with Gasteiger partial charge in [0.1, 0.15) is 6.04 Å². The normalized spacial score (nSPS) is 22.9. The molecule has 3 aromatic carbocycles. The first kappa shape index (κ1) is 23.3. The number of likely N-dealkylation sites (tertiary alicyclic amines) is 2. The van der Waals surface area contributed by atoms with Crippen LogP contribution in [0, 0.1) is 0 Å². The van der Waals surface area contributed by atoms with Gasteiger partial charge in [-0.1, -0.05) is 72.8 Å². The Morgan fingerprint density at radius 1 is 0.857 bits per heavy atom. The number of benzene rings is 3. The topological polar surface area (TPSA) is 66.6 Å². The Hall–Kier alpha value is -3.44. The molecule has 4 atom stereocenters. The van der Waals surface area contributed by atoms with Crippen LogP contribution in [0.4, 0.5) is 0 Å². The molecule has 2 amide bonds. The van der Waals surface area contributed by atoms with Gasteiger partial charge >= 0.3 is 0 Å². The number of carbonyl (C=O) groups is 2. The molecule has 0 aromatic heterocycles. The molecular formula is C30H33N3O2. The van der Waals surface area contributed by atoms with Crippen LogP contribution in [0.2, 0.25) is 0 Å². The minimum atomic E-state index is -0.457. The molecule has 5 rings (SSSR count). The van der Waals surface area contributed by atoms with Crippen molar-refractivity contribution in [3.8, 4) is 0 Å². The molecule has 0 spiro atoms. The summed E-state index contributed by atoms with van der Waals surface area (Å²) in [7, 11) is 0. The lowest BCUT2D eigenvalue weighted by Crippen LogP contribution is -2.47. The van der Waals surface area contributed by atoms with Crippen LogP contribution in [-0.2, 0) is 4.79 Å². The summed E-state index contributed by atoms with van der Waals surface area (Å²) in [6.45, 7) is 3.88. The average molecular weight is 468 g/mol. The number of hydrogen-bond donors (Lipinski definition) is 1. The van der Waals surface area contributed by atoms with Crippen molar-refractivity contribution in [2.24, 2.45) is 5.73 Å². The van der Waals surface area contributed by atoms with Crippen molar-refractivity contribution < 1.29 is 9.59 Å². The van der Waals surface area contributed by atoms with Gasteiger partial charge in [-0.3, -0.25) is 9.59 Å². The molecule has 2 N–H and O–H groups in total. The second-order valence-corrected chi connectivity index (χ2v) is 9.91. The molecule has 2 fully saturated rings. The van der Waals surface area contributed by atoms with E-state index < -0.39 is 6.04 Å². The van der Waals surface area contributed by atoms with Gasteiger partial charge in [-0.25, -0.2) is 0 Å². The highest BCUT2D eigenvalue weighted by Crippen LogP contribution is 2.36. The van der Waals surface area contributed by atoms with E-state index in [9.17, 15) is 9.59 Å². The summed E-state index contributed by atoms with van der Waals surface area (Å²) < 4.78 is 0. The molecule has 2 aliphatic heterocycles.